The van der Waals surface area contributed by atoms with Crippen molar-refractivity contribution in [2.24, 2.45) is 0 Å². The predicted molar refractivity (Wildman–Crippen MR) is 170 cm³/mol. The largest absolute Gasteiger partial charge is 0.292 e. The molecule has 0 aliphatic rings. The minimum Gasteiger partial charge on any atom is -0.292 e. The van der Waals surface area contributed by atoms with E-state index in [-0.39, 0.29) is 0 Å². The van der Waals surface area contributed by atoms with Gasteiger partial charge in [-0.15, -0.1) is 0 Å². The molecular weight excluding hydrogens is 500 g/mol. The second-order valence-electron chi connectivity index (χ2n) is 10.5. The number of hydrogen-bond acceptors (Lipinski definition) is 3. The summed E-state index contributed by atoms with van der Waals surface area (Å²) in [6.07, 6.45) is 1.78. The maximum atomic E-state index is 5.25. The van der Waals surface area contributed by atoms with Crippen molar-refractivity contribution in [1.82, 2.24) is 19.5 Å². The molecule has 0 fully saturated rings. The molecule has 0 saturated carbocycles. The lowest BCUT2D eigenvalue weighted by atomic mass is 9.99. The number of benzene rings is 6. The number of pyridine rings is 1. The number of hydrogen-bond donors (Lipinski definition) is 0. The Hall–Kier alpha value is -5.61. The van der Waals surface area contributed by atoms with E-state index < -0.39 is 0 Å². The van der Waals surface area contributed by atoms with Crippen LogP contribution in [0.15, 0.2) is 134 Å². The first-order valence-electron chi connectivity index (χ1n) is 13.8. The van der Waals surface area contributed by atoms with Crippen molar-refractivity contribution in [2.45, 2.75) is 0 Å². The summed E-state index contributed by atoms with van der Waals surface area (Å²) in [5, 5.41) is 9.64. The van der Waals surface area contributed by atoms with Crippen molar-refractivity contribution >= 4 is 65.3 Å². The molecule has 6 aromatic carbocycles. The summed E-state index contributed by atoms with van der Waals surface area (Å²) in [5.74, 6) is 0.798. The third-order valence-corrected chi connectivity index (χ3v) is 8.19. The van der Waals surface area contributed by atoms with Crippen LogP contribution in [0.25, 0.3) is 82.4 Å². The standard InChI is InChI=1S/C37H22N4/c1-2-10-26-22-34-31(20-25(26)9-1)29-12-5-6-14-33(29)41(34)37-35(40-36-32(39-37)13-7-19-38-36)27-18-17-24-16-15-23-8-3-4-11-28(23)30(24)21-27/h1-22H. The zero-order chi connectivity index (χ0) is 26.9. The molecule has 9 aromatic rings. The van der Waals surface area contributed by atoms with E-state index in [2.05, 4.69) is 125 Å². The van der Waals surface area contributed by atoms with Crippen molar-refractivity contribution in [3.8, 4) is 17.1 Å². The molecule has 0 aliphatic carbocycles. The number of nitrogens with zero attached hydrogens (tertiary/aromatic N) is 4. The summed E-state index contributed by atoms with van der Waals surface area (Å²) >= 11 is 0. The van der Waals surface area contributed by atoms with Crippen LogP contribution in [0.4, 0.5) is 0 Å². The predicted octanol–water partition coefficient (Wildman–Crippen LogP) is 9.25. The molecule has 9 rings (SSSR count). The van der Waals surface area contributed by atoms with E-state index in [1.807, 2.05) is 12.1 Å². The third-order valence-electron chi connectivity index (χ3n) is 8.19. The van der Waals surface area contributed by atoms with E-state index in [0.717, 1.165) is 33.6 Å². The molecule has 0 bridgehead atoms. The Balaban J connectivity index is 1.43. The maximum Gasteiger partial charge on any atom is 0.178 e. The quantitative estimate of drug-likeness (QED) is 0.213. The van der Waals surface area contributed by atoms with Crippen molar-refractivity contribution in [2.75, 3.05) is 0 Å². The SMILES string of the molecule is c1ccc2cc3c(cc2c1)c1ccccc1n3-c1nc2cccnc2nc1-c1ccc2ccc3ccccc3c2c1. The second kappa shape index (κ2) is 8.44. The summed E-state index contributed by atoms with van der Waals surface area (Å²) in [7, 11) is 0. The molecule has 3 aromatic heterocycles. The molecule has 0 aliphatic heterocycles. The topological polar surface area (TPSA) is 43.6 Å². The van der Waals surface area contributed by atoms with Gasteiger partial charge in [-0.3, -0.25) is 4.57 Å². The van der Waals surface area contributed by atoms with Crippen LogP contribution in [-0.2, 0) is 0 Å². The van der Waals surface area contributed by atoms with Gasteiger partial charge in [-0.25, -0.2) is 15.0 Å². The highest BCUT2D eigenvalue weighted by Gasteiger charge is 2.20. The molecule has 0 N–H and O–H groups in total. The van der Waals surface area contributed by atoms with Gasteiger partial charge in [0.25, 0.3) is 0 Å². The van der Waals surface area contributed by atoms with Crippen molar-refractivity contribution < 1.29 is 0 Å². The van der Waals surface area contributed by atoms with Crippen LogP contribution in [0.1, 0.15) is 0 Å². The van der Waals surface area contributed by atoms with Crippen LogP contribution in [0.5, 0.6) is 0 Å². The minimum atomic E-state index is 0.635. The molecule has 0 saturated heterocycles. The molecule has 41 heavy (non-hydrogen) atoms. The lowest BCUT2D eigenvalue weighted by molar-refractivity contribution is 1.07. The molecule has 0 atom stereocenters. The van der Waals surface area contributed by atoms with Crippen LogP contribution in [0.2, 0.25) is 0 Å². The van der Waals surface area contributed by atoms with Gasteiger partial charge in [-0.2, -0.15) is 0 Å². The van der Waals surface area contributed by atoms with E-state index in [9.17, 15) is 0 Å². The molecule has 0 unspecified atom stereocenters. The van der Waals surface area contributed by atoms with E-state index in [1.165, 1.54) is 43.1 Å². The van der Waals surface area contributed by atoms with Gasteiger partial charge in [0.05, 0.1) is 11.0 Å². The fourth-order valence-electron chi connectivity index (χ4n) is 6.27. The first kappa shape index (κ1) is 22.2. The van der Waals surface area contributed by atoms with Gasteiger partial charge in [0, 0.05) is 22.5 Å². The molecule has 4 heteroatoms. The van der Waals surface area contributed by atoms with Gasteiger partial charge < -0.3 is 0 Å². The van der Waals surface area contributed by atoms with Gasteiger partial charge >= 0.3 is 0 Å². The molecule has 4 nitrogen and oxygen atoms in total. The molecule has 0 radical (unpaired) electrons. The first-order valence-corrected chi connectivity index (χ1v) is 13.8. The average Bonchev–Trinajstić information content (AvgIpc) is 3.35. The van der Waals surface area contributed by atoms with E-state index in [1.54, 1.807) is 6.20 Å². The summed E-state index contributed by atoms with van der Waals surface area (Å²) in [4.78, 5) is 15.0. The summed E-state index contributed by atoms with van der Waals surface area (Å²) < 4.78 is 2.28. The van der Waals surface area contributed by atoms with Crippen LogP contribution in [0, 0.1) is 0 Å². The van der Waals surface area contributed by atoms with Crippen LogP contribution in [-0.4, -0.2) is 19.5 Å². The highest BCUT2D eigenvalue weighted by Crippen LogP contribution is 2.38. The van der Waals surface area contributed by atoms with Gasteiger partial charge in [-0.05, 0) is 68.7 Å². The highest BCUT2D eigenvalue weighted by molar-refractivity contribution is 6.14. The maximum absolute atomic E-state index is 5.25. The number of para-hydroxylation sites is 1. The zero-order valence-electron chi connectivity index (χ0n) is 22.0. The fourth-order valence-corrected chi connectivity index (χ4v) is 6.27. The molecule has 0 spiro atoms. The Morgan fingerprint density at radius 1 is 0.463 bits per heavy atom. The first-order chi connectivity index (χ1) is 20.3. The second-order valence-corrected chi connectivity index (χ2v) is 10.5. The average molecular weight is 523 g/mol. The third kappa shape index (κ3) is 3.31. The summed E-state index contributed by atoms with van der Waals surface area (Å²) in [5.41, 5.74) is 5.43. The minimum absolute atomic E-state index is 0.635. The van der Waals surface area contributed by atoms with Crippen molar-refractivity contribution in [3.63, 3.8) is 0 Å². The van der Waals surface area contributed by atoms with Gasteiger partial charge in [0.2, 0.25) is 0 Å². The molecule has 0 amide bonds. The van der Waals surface area contributed by atoms with E-state index >= 15 is 0 Å². The summed E-state index contributed by atoms with van der Waals surface area (Å²) in [6, 6.07) is 45.1. The lowest BCUT2D eigenvalue weighted by Crippen LogP contribution is -2.04. The Kier molecular flexibility index (Phi) is 4.58. The number of rotatable bonds is 2. The van der Waals surface area contributed by atoms with E-state index in [4.69, 9.17) is 9.97 Å². The molecule has 3 heterocycles. The monoisotopic (exact) mass is 522 g/mol. The smallest absolute Gasteiger partial charge is 0.178 e. The zero-order valence-corrected chi connectivity index (χ0v) is 22.0. The highest BCUT2D eigenvalue weighted by atomic mass is 15.1. The van der Waals surface area contributed by atoms with E-state index in [0.29, 0.717) is 5.65 Å². The molecule has 190 valence electrons. The Labute approximate surface area is 235 Å². The van der Waals surface area contributed by atoms with Crippen LogP contribution >= 0.6 is 0 Å². The number of fused-ring (bicyclic) bond motifs is 8. The Bertz CT molecular complexity index is 2490. The van der Waals surface area contributed by atoms with Gasteiger partial charge in [0.15, 0.2) is 11.5 Å². The Morgan fingerprint density at radius 3 is 2.05 bits per heavy atom. The van der Waals surface area contributed by atoms with Crippen LogP contribution in [0.3, 0.4) is 0 Å². The van der Waals surface area contributed by atoms with Crippen LogP contribution < -0.4 is 0 Å². The van der Waals surface area contributed by atoms with Crippen molar-refractivity contribution in [3.05, 3.63) is 134 Å². The lowest BCUT2D eigenvalue weighted by Gasteiger charge is -2.14. The fraction of sp³-hybridized carbons (Fsp3) is 0. The van der Waals surface area contributed by atoms with Gasteiger partial charge in [-0.1, -0.05) is 91.0 Å². The normalized spacial score (nSPS) is 11.9. The summed E-state index contributed by atoms with van der Waals surface area (Å²) in [6.45, 7) is 0. The van der Waals surface area contributed by atoms with Crippen molar-refractivity contribution in [1.29, 1.82) is 0 Å². The Morgan fingerprint density at radius 2 is 1.17 bits per heavy atom. The number of aromatic nitrogens is 4. The molecular formula is C37H22N4. The van der Waals surface area contributed by atoms with Gasteiger partial charge in [0.1, 0.15) is 11.2 Å².